The van der Waals surface area contributed by atoms with Crippen molar-refractivity contribution in [3.8, 4) is 0 Å². The second kappa shape index (κ2) is 9.51. The Labute approximate surface area is 187 Å². The van der Waals surface area contributed by atoms with Gasteiger partial charge in [-0.2, -0.15) is 0 Å². The van der Waals surface area contributed by atoms with E-state index in [2.05, 4.69) is 29.2 Å². The predicted molar refractivity (Wildman–Crippen MR) is 122 cm³/mol. The molecule has 156 valence electrons. The highest BCUT2D eigenvalue weighted by atomic mass is 35.5. The second-order valence-electron chi connectivity index (χ2n) is 7.78. The van der Waals surface area contributed by atoms with Crippen molar-refractivity contribution in [2.45, 2.75) is 24.7 Å². The summed E-state index contributed by atoms with van der Waals surface area (Å²) in [5.41, 5.74) is 1.64. The zero-order valence-corrected chi connectivity index (χ0v) is 18.2. The van der Waals surface area contributed by atoms with Crippen molar-refractivity contribution in [3.05, 3.63) is 106 Å². The normalized spacial score (nSPS) is 19.4. The molecule has 4 rings (SSSR count). The molecule has 0 amide bonds. The van der Waals surface area contributed by atoms with Crippen LogP contribution in [0.2, 0.25) is 10.0 Å². The third-order valence-electron chi connectivity index (χ3n) is 5.67. The number of hydrogen-bond acceptors (Lipinski definition) is 3. The molecule has 0 aromatic heterocycles. The van der Waals surface area contributed by atoms with E-state index < -0.39 is 11.7 Å². The highest BCUT2D eigenvalue weighted by Crippen LogP contribution is 2.36. The number of hydrogen-bond donors (Lipinski definition) is 1. The molecular weight excluding hydrogens is 417 g/mol. The fourth-order valence-corrected chi connectivity index (χ4v) is 4.45. The number of rotatable bonds is 6. The minimum Gasteiger partial charge on any atom is -0.382 e. The maximum atomic E-state index is 12.0. The van der Waals surface area contributed by atoms with Gasteiger partial charge >= 0.3 is 0 Å². The van der Waals surface area contributed by atoms with E-state index in [1.807, 2.05) is 42.5 Å². The van der Waals surface area contributed by atoms with Crippen molar-refractivity contribution in [3.63, 3.8) is 0 Å². The second-order valence-corrected chi connectivity index (χ2v) is 8.63. The number of benzene rings is 3. The molecule has 1 N–H and O–H groups in total. The van der Waals surface area contributed by atoms with Crippen LogP contribution in [0.3, 0.4) is 0 Å². The van der Waals surface area contributed by atoms with Crippen LogP contribution in [0.1, 0.15) is 16.7 Å². The van der Waals surface area contributed by atoms with Crippen molar-refractivity contribution in [1.29, 1.82) is 0 Å². The van der Waals surface area contributed by atoms with Crippen LogP contribution in [0.25, 0.3) is 0 Å². The molecular formula is C25H25Cl2NO2. The number of nitrogens with zero attached hydrogens (tertiary/aromatic N) is 1. The maximum Gasteiger partial charge on any atom is 0.121 e. The molecule has 0 spiro atoms. The molecule has 0 bridgehead atoms. The van der Waals surface area contributed by atoms with Crippen LogP contribution in [0, 0.1) is 0 Å². The average molecular weight is 442 g/mol. The minimum absolute atomic E-state index is 0.320. The highest BCUT2D eigenvalue weighted by molar-refractivity contribution is 6.33. The molecule has 0 unspecified atom stereocenters. The van der Waals surface area contributed by atoms with Crippen LogP contribution in [-0.2, 0) is 23.3 Å². The van der Waals surface area contributed by atoms with E-state index in [-0.39, 0.29) is 0 Å². The highest BCUT2D eigenvalue weighted by Gasteiger charge is 2.42. The lowest BCUT2D eigenvalue weighted by molar-refractivity contribution is -0.149. The van der Waals surface area contributed by atoms with E-state index in [9.17, 15) is 5.11 Å². The van der Waals surface area contributed by atoms with Gasteiger partial charge in [-0.15, -0.1) is 0 Å². The van der Waals surface area contributed by atoms with Gasteiger partial charge in [-0.1, -0.05) is 83.9 Å². The first-order chi connectivity index (χ1) is 14.5. The lowest BCUT2D eigenvalue weighted by Gasteiger charge is -2.42. The van der Waals surface area contributed by atoms with Crippen LogP contribution in [-0.4, -0.2) is 35.8 Å². The van der Waals surface area contributed by atoms with Crippen molar-refractivity contribution in [2.75, 3.05) is 19.7 Å². The summed E-state index contributed by atoms with van der Waals surface area (Å²) in [5.74, 6) is 0. The standard InChI is InChI=1S/C25H25Cl2NO2/c26-22-11-12-23(27)20(15-22)16-25(29,21-9-5-2-6-10-21)24-18-28(13-14-30-24)17-19-7-3-1-4-8-19/h1-12,15,24,29H,13-14,16-18H2/t24-,25-/m1/s1. The van der Waals surface area contributed by atoms with Crippen LogP contribution in [0.5, 0.6) is 0 Å². The molecule has 2 atom stereocenters. The van der Waals surface area contributed by atoms with Crippen LogP contribution < -0.4 is 0 Å². The summed E-state index contributed by atoms with van der Waals surface area (Å²) in [6.07, 6.45) is -0.0762. The number of ether oxygens (including phenoxy) is 1. The molecule has 1 saturated heterocycles. The number of halogens is 2. The van der Waals surface area contributed by atoms with Gasteiger partial charge in [0.05, 0.1) is 6.61 Å². The summed E-state index contributed by atoms with van der Waals surface area (Å²) in [4.78, 5) is 2.33. The zero-order chi connectivity index (χ0) is 21.0. The Morgan fingerprint density at radius 1 is 0.967 bits per heavy atom. The molecule has 1 heterocycles. The summed E-state index contributed by atoms with van der Waals surface area (Å²) in [6.45, 7) is 2.84. The molecule has 0 aliphatic carbocycles. The van der Waals surface area contributed by atoms with Crippen molar-refractivity contribution in [1.82, 2.24) is 4.90 Å². The third-order valence-corrected chi connectivity index (χ3v) is 6.28. The molecule has 0 saturated carbocycles. The molecule has 0 radical (unpaired) electrons. The summed E-state index contributed by atoms with van der Waals surface area (Å²) >= 11 is 12.7. The lowest BCUT2D eigenvalue weighted by Crippen LogP contribution is -2.53. The summed E-state index contributed by atoms with van der Waals surface area (Å²) < 4.78 is 6.14. The summed E-state index contributed by atoms with van der Waals surface area (Å²) in [7, 11) is 0. The third kappa shape index (κ3) is 4.88. The van der Waals surface area contributed by atoms with Crippen molar-refractivity contribution >= 4 is 23.2 Å². The van der Waals surface area contributed by atoms with Crippen LogP contribution >= 0.6 is 23.2 Å². The molecule has 3 aromatic carbocycles. The predicted octanol–water partition coefficient (Wildman–Crippen LogP) is 5.32. The van der Waals surface area contributed by atoms with E-state index in [4.69, 9.17) is 27.9 Å². The fourth-order valence-electron chi connectivity index (χ4n) is 4.07. The summed E-state index contributed by atoms with van der Waals surface area (Å²) in [6, 6.07) is 25.4. The Bertz CT molecular complexity index is 967. The molecule has 3 nitrogen and oxygen atoms in total. The quantitative estimate of drug-likeness (QED) is 0.561. The Balaban J connectivity index is 1.63. The van der Waals surface area contributed by atoms with E-state index >= 15 is 0 Å². The molecule has 1 fully saturated rings. The first kappa shape index (κ1) is 21.4. The van der Waals surface area contributed by atoms with Gasteiger partial charge in [0.15, 0.2) is 0 Å². The van der Waals surface area contributed by atoms with E-state index in [0.29, 0.717) is 29.6 Å². The van der Waals surface area contributed by atoms with Gasteiger partial charge in [0.2, 0.25) is 0 Å². The maximum absolute atomic E-state index is 12.0. The minimum atomic E-state index is -1.23. The van der Waals surface area contributed by atoms with Gasteiger partial charge in [0.1, 0.15) is 11.7 Å². The Morgan fingerprint density at radius 2 is 1.67 bits per heavy atom. The summed E-state index contributed by atoms with van der Waals surface area (Å²) in [5, 5.41) is 13.2. The van der Waals surface area contributed by atoms with Crippen molar-refractivity contribution in [2.24, 2.45) is 0 Å². The monoisotopic (exact) mass is 441 g/mol. The topological polar surface area (TPSA) is 32.7 Å². The Hall–Kier alpha value is -1.88. The molecule has 3 aromatic rings. The lowest BCUT2D eigenvalue weighted by atomic mass is 9.81. The van der Waals surface area contributed by atoms with Gasteiger partial charge in [-0.25, -0.2) is 0 Å². The van der Waals surface area contributed by atoms with E-state index in [0.717, 1.165) is 24.2 Å². The molecule has 5 heteroatoms. The number of morpholine rings is 1. The van der Waals surface area contributed by atoms with E-state index in [1.54, 1.807) is 12.1 Å². The van der Waals surface area contributed by atoms with Gasteiger partial charge in [-0.3, -0.25) is 4.90 Å². The van der Waals surface area contributed by atoms with Gasteiger partial charge < -0.3 is 9.84 Å². The van der Waals surface area contributed by atoms with Crippen molar-refractivity contribution < 1.29 is 9.84 Å². The molecule has 1 aliphatic heterocycles. The average Bonchev–Trinajstić information content (AvgIpc) is 2.78. The zero-order valence-electron chi connectivity index (χ0n) is 16.7. The molecule has 30 heavy (non-hydrogen) atoms. The van der Waals surface area contributed by atoms with Crippen LogP contribution in [0.15, 0.2) is 78.9 Å². The largest absolute Gasteiger partial charge is 0.382 e. The van der Waals surface area contributed by atoms with Crippen LogP contribution in [0.4, 0.5) is 0 Å². The first-order valence-electron chi connectivity index (χ1n) is 10.1. The first-order valence-corrected chi connectivity index (χ1v) is 10.9. The van der Waals surface area contributed by atoms with E-state index in [1.165, 1.54) is 5.56 Å². The fraction of sp³-hybridized carbons (Fsp3) is 0.280. The molecule has 1 aliphatic rings. The van der Waals surface area contributed by atoms with Gasteiger partial charge in [0, 0.05) is 36.1 Å². The Kier molecular flexibility index (Phi) is 6.77. The smallest absolute Gasteiger partial charge is 0.121 e. The number of aliphatic hydroxyl groups is 1. The Morgan fingerprint density at radius 3 is 2.40 bits per heavy atom. The van der Waals surface area contributed by atoms with Gasteiger partial charge in [0.25, 0.3) is 0 Å². The SMILES string of the molecule is O[C@](Cc1cc(Cl)ccc1Cl)(c1ccccc1)[C@H]1CN(Cc2ccccc2)CCO1. The van der Waals surface area contributed by atoms with Gasteiger partial charge in [-0.05, 0) is 34.9 Å².